The summed E-state index contributed by atoms with van der Waals surface area (Å²) in [6.45, 7) is 0. The van der Waals surface area contributed by atoms with Crippen LogP contribution in [0.15, 0.2) is 29.3 Å². The molecule has 17 heavy (non-hydrogen) atoms. The van der Waals surface area contributed by atoms with E-state index in [1.807, 2.05) is 25.1 Å². The van der Waals surface area contributed by atoms with Crippen LogP contribution in [0.2, 0.25) is 0 Å². The first-order valence-electron chi connectivity index (χ1n) is 4.85. The maximum absolute atomic E-state index is 11.7. The first-order chi connectivity index (χ1) is 8.04. The summed E-state index contributed by atoms with van der Waals surface area (Å²) in [5.41, 5.74) is 6.65. The molecule has 0 bridgehead atoms. The monoisotopic (exact) mass is 231 g/mol. The highest BCUT2D eigenvalue weighted by Gasteiger charge is 2.07. The van der Waals surface area contributed by atoms with Crippen LogP contribution in [0.5, 0.6) is 0 Å². The lowest BCUT2D eigenvalue weighted by Crippen LogP contribution is -2.36. The van der Waals surface area contributed by atoms with Crippen molar-refractivity contribution >= 4 is 17.6 Å². The quantitative estimate of drug-likeness (QED) is 0.434. The molecule has 1 rings (SSSR count). The third-order valence-electron chi connectivity index (χ3n) is 2.04. The Kier molecular flexibility index (Phi) is 4.06. The van der Waals surface area contributed by atoms with E-state index in [4.69, 9.17) is 11.0 Å². The molecule has 0 aliphatic rings. The SMILES string of the molecule is CN(C)c1cccc(C(=O)NC(N)=NC#N)c1. The van der Waals surface area contributed by atoms with Gasteiger partial charge in [-0.15, -0.1) is 4.99 Å². The zero-order chi connectivity index (χ0) is 12.8. The minimum atomic E-state index is -0.398. The van der Waals surface area contributed by atoms with Crippen LogP contribution in [0, 0.1) is 11.5 Å². The van der Waals surface area contributed by atoms with Crippen LogP contribution in [0.4, 0.5) is 5.69 Å². The number of benzene rings is 1. The van der Waals surface area contributed by atoms with Crippen LogP contribution in [0.1, 0.15) is 10.4 Å². The zero-order valence-electron chi connectivity index (χ0n) is 9.64. The van der Waals surface area contributed by atoms with E-state index in [0.29, 0.717) is 5.56 Å². The number of hydrogen-bond acceptors (Lipinski definition) is 4. The molecule has 0 spiro atoms. The van der Waals surface area contributed by atoms with E-state index >= 15 is 0 Å². The van der Waals surface area contributed by atoms with Gasteiger partial charge in [-0.1, -0.05) is 6.07 Å². The standard InChI is InChI=1S/C11H13N5O/c1-16(2)9-5-3-4-8(6-9)10(17)15-11(13)14-7-12/h3-6H,1-2H3,(H3,13,14,15,17). The third kappa shape index (κ3) is 3.50. The normalized spacial score (nSPS) is 10.5. The van der Waals surface area contributed by atoms with Gasteiger partial charge in [0.1, 0.15) is 0 Å². The van der Waals surface area contributed by atoms with Crippen LogP contribution in [0.25, 0.3) is 0 Å². The number of carbonyl (C=O) groups is 1. The summed E-state index contributed by atoms with van der Waals surface area (Å²) in [6.07, 6.45) is 1.49. The molecule has 0 heterocycles. The highest BCUT2D eigenvalue weighted by atomic mass is 16.1. The second-order valence-electron chi connectivity index (χ2n) is 3.50. The fraction of sp³-hybridized carbons (Fsp3) is 0.182. The van der Waals surface area contributed by atoms with Crippen molar-refractivity contribution in [2.24, 2.45) is 10.7 Å². The zero-order valence-corrected chi connectivity index (χ0v) is 9.64. The van der Waals surface area contributed by atoms with Gasteiger partial charge in [0.05, 0.1) is 0 Å². The van der Waals surface area contributed by atoms with Gasteiger partial charge in [0.25, 0.3) is 5.91 Å². The largest absolute Gasteiger partial charge is 0.378 e. The highest BCUT2D eigenvalue weighted by molar-refractivity contribution is 6.05. The molecule has 6 heteroatoms. The molecule has 3 N–H and O–H groups in total. The van der Waals surface area contributed by atoms with Gasteiger partial charge in [-0.05, 0) is 18.2 Å². The molecule has 0 fully saturated rings. The molecule has 0 aliphatic heterocycles. The summed E-state index contributed by atoms with van der Waals surface area (Å²) in [5.74, 6) is -0.613. The molecule has 0 unspecified atom stereocenters. The minimum Gasteiger partial charge on any atom is -0.378 e. The van der Waals surface area contributed by atoms with E-state index in [-0.39, 0.29) is 5.96 Å². The number of anilines is 1. The average molecular weight is 231 g/mol. The van der Waals surface area contributed by atoms with Crippen LogP contribution < -0.4 is 16.0 Å². The van der Waals surface area contributed by atoms with Crippen molar-refractivity contribution in [2.75, 3.05) is 19.0 Å². The molecule has 1 aromatic rings. The number of nitrogens with one attached hydrogen (secondary N) is 1. The third-order valence-corrected chi connectivity index (χ3v) is 2.04. The Labute approximate surface area is 99.4 Å². The molecule has 1 amide bonds. The lowest BCUT2D eigenvalue weighted by Gasteiger charge is -2.13. The van der Waals surface area contributed by atoms with Crippen molar-refractivity contribution in [3.63, 3.8) is 0 Å². The molecular formula is C11H13N5O. The first-order valence-corrected chi connectivity index (χ1v) is 4.85. The van der Waals surface area contributed by atoms with Crippen LogP contribution in [-0.2, 0) is 0 Å². The summed E-state index contributed by atoms with van der Waals surface area (Å²) in [4.78, 5) is 16.8. The molecule has 1 aromatic carbocycles. The molecule has 0 aliphatic carbocycles. The Hall–Kier alpha value is -2.55. The van der Waals surface area contributed by atoms with E-state index in [2.05, 4.69) is 10.3 Å². The molecule has 0 saturated carbocycles. The molecule has 0 radical (unpaired) electrons. The van der Waals surface area contributed by atoms with Gasteiger partial charge in [-0.25, -0.2) is 0 Å². The second kappa shape index (κ2) is 5.51. The topological polar surface area (TPSA) is 94.5 Å². The Bertz CT molecular complexity index is 487. The van der Waals surface area contributed by atoms with Gasteiger partial charge in [0.2, 0.25) is 12.2 Å². The molecule has 0 atom stereocenters. The summed E-state index contributed by atoms with van der Waals surface area (Å²) in [5, 5.41) is 10.6. The summed E-state index contributed by atoms with van der Waals surface area (Å²) in [6, 6.07) is 7.02. The molecule has 0 saturated heterocycles. The number of amides is 1. The van der Waals surface area contributed by atoms with E-state index in [0.717, 1.165) is 5.69 Å². The van der Waals surface area contributed by atoms with Crippen LogP contribution >= 0.6 is 0 Å². The first kappa shape index (κ1) is 12.5. The molecule has 6 nitrogen and oxygen atoms in total. The van der Waals surface area contributed by atoms with E-state index in [9.17, 15) is 4.79 Å². The van der Waals surface area contributed by atoms with E-state index < -0.39 is 5.91 Å². The Balaban J connectivity index is 2.87. The molecule has 0 aromatic heterocycles. The van der Waals surface area contributed by atoms with Gasteiger partial charge >= 0.3 is 0 Å². The van der Waals surface area contributed by atoms with Gasteiger partial charge in [-0.2, -0.15) is 5.26 Å². The number of carbonyl (C=O) groups excluding carboxylic acids is 1. The number of aliphatic imine (C=N–C) groups is 1. The van der Waals surface area contributed by atoms with Crippen molar-refractivity contribution in [1.82, 2.24) is 5.32 Å². The summed E-state index contributed by atoms with van der Waals surface area (Å²) in [7, 11) is 3.75. The molecule has 88 valence electrons. The number of guanidine groups is 1. The maximum atomic E-state index is 11.7. The second-order valence-corrected chi connectivity index (χ2v) is 3.50. The number of nitrogens with zero attached hydrogens (tertiary/aromatic N) is 3. The van der Waals surface area contributed by atoms with Gasteiger partial charge < -0.3 is 10.6 Å². The van der Waals surface area contributed by atoms with Crippen molar-refractivity contribution in [3.8, 4) is 6.19 Å². The lowest BCUT2D eigenvalue weighted by molar-refractivity contribution is 0.0976. The van der Waals surface area contributed by atoms with E-state index in [1.54, 1.807) is 18.2 Å². The number of hydrogen-bond donors (Lipinski definition) is 2. The van der Waals surface area contributed by atoms with Gasteiger partial charge in [-0.3, -0.25) is 10.1 Å². The van der Waals surface area contributed by atoms with Crippen molar-refractivity contribution in [2.45, 2.75) is 0 Å². The van der Waals surface area contributed by atoms with Crippen LogP contribution in [0.3, 0.4) is 0 Å². The lowest BCUT2D eigenvalue weighted by atomic mass is 10.2. The predicted molar refractivity (Wildman–Crippen MR) is 65.5 cm³/mol. The smallest absolute Gasteiger partial charge is 0.258 e. The predicted octanol–water partition coefficient (Wildman–Crippen LogP) is 0.278. The number of nitriles is 1. The number of nitrogens with two attached hydrogens (primary N) is 1. The Morgan fingerprint density at radius 3 is 2.82 bits per heavy atom. The van der Waals surface area contributed by atoms with Crippen molar-refractivity contribution in [3.05, 3.63) is 29.8 Å². The molecular weight excluding hydrogens is 218 g/mol. The average Bonchev–Trinajstić information content (AvgIpc) is 2.29. The summed E-state index contributed by atoms with van der Waals surface area (Å²) >= 11 is 0. The fourth-order valence-electron chi connectivity index (χ4n) is 1.20. The van der Waals surface area contributed by atoms with Crippen molar-refractivity contribution in [1.29, 1.82) is 5.26 Å². The fourth-order valence-corrected chi connectivity index (χ4v) is 1.20. The Morgan fingerprint density at radius 1 is 1.53 bits per heavy atom. The van der Waals surface area contributed by atoms with Crippen LogP contribution in [-0.4, -0.2) is 26.0 Å². The Morgan fingerprint density at radius 2 is 2.24 bits per heavy atom. The highest BCUT2D eigenvalue weighted by Crippen LogP contribution is 2.12. The van der Waals surface area contributed by atoms with Crippen molar-refractivity contribution < 1.29 is 4.79 Å². The van der Waals surface area contributed by atoms with Gasteiger partial charge in [0, 0.05) is 25.3 Å². The number of rotatable bonds is 2. The van der Waals surface area contributed by atoms with Gasteiger partial charge in [0.15, 0.2) is 0 Å². The minimum absolute atomic E-state index is 0.215. The van der Waals surface area contributed by atoms with E-state index in [1.165, 1.54) is 6.19 Å². The summed E-state index contributed by atoms with van der Waals surface area (Å²) < 4.78 is 0. The maximum Gasteiger partial charge on any atom is 0.258 e.